The Hall–Kier alpha value is -2.48. The first-order valence-corrected chi connectivity index (χ1v) is 11.5. The smallest absolute Gasteiger partial charge is 0.258 e. The minimum atomic E-state index is -0.953. The summed E-state index contributed by atoms with van der Waals surface area (Å²) in [6.07, 6.45) is 4.81. The summed E-state index contributed by atoms with van der Waals surface area (Å²) in [6, 6.07) is 14.8. The van der Waals surface area contributed by atoms with E-state index in [-0.39, 0.29) is 11.2 Å². The maximum atomic E-state index is 12.7. The molecule has 3 aromatic rings. The van der Waals surface area contributed by atoms with Gasteiger partial charge in [0.05, 0.1) is 22.5 Å². The van der Waals surface area contributed by atoms with Crippen molar-refractivity contribution in [2.45, 2.75) is 23.8 Å². The maximum Gasteiger partial charge on any atom is 0.258 e. The fourth-order valence-electron chi connectivity index (χ4n) is 3.37. The van der Waals surface area contributed by atoms with E-state index in [1.807, 2.05) is 42.5 Å². The molecule has 156 valence electrons. The van der Waals surface area contributed by atoms with Gasteiger partial charge in [0.1, 0.15) is 0 Å². The lowest BCUT2D eigenvalue weighted by molar-refractivity contribution is 0.0991. The van der Waals surface area contributed by atoms with Crippen LogP contribution in [-0.2, 0) is 21.3 Å². The number of hydrogen-bond acceptors (Lipinski definition) is 4. The molecule has 0 bridgehead atoms. The zero-order valence-corrected chi connectivity index (χ0v) is 17.9. The molecule has 1 fully saturated rings. The summed E-state index contributed by atoms with van der Waals surface area (Å²) < 4.78 is 19.6. The van der Waals surface area contributed by atoms with Crippen LogP contribution in [0.2, 0.25) is 5.02 Å². The molecule has 1 N–H and O–H groups in total. The second-order valence-corrected chi connectivity index (χ2v) is 9.24. The monoisotopic (exact) mass is 443 g/mol. The van der Waals surface area contributed by atoms with Crippen LogP contribution in [-0.4, -0.2) is 38.4 Å². The van der Waals surface area contributed by atoms with Crippen molar-refractivity contribution < 1.29 is 13.7 Å². The maximum absolute atomic E-state index is 12.7. The molecule has 30 heavy (non-hydrogen) atoms. The van der Waals surface area contributed by atoms with Gasteiger partial charge in [0.25, 0.3) is 5.91 Å². The van der Waals surface area contributed by atoms with Crippen LogP contribution >= 0.6 is 11.6 Å². The Balaban J connectivity index is 1.42. The van der Waals surface area contributed by atoms with Crippen LogP contribution < -0.4 is 5.32 Å². The van der Waals surface area contributed by atoms with E-state index in [9.17, 15) is 9.00 Å². The Morgan fingerprint density at radius 2 is 2.00 bits per heavy atom. The normalized spacial score (nSPS) is 15.6. The number of benzene rings is 2. The molecule has 0 aliphatic carbocycles. The van der Waals surface area contributed by atoms with Crippen LogP contribution in [0.5, 0.6) is 0 Å². The largest absolute Gasteiger partial charge is 0.381 e. The molecule has 1 aliphatic heterocycles. The van der Waals surface area contributed by atoms with Crippen molar-refractivity contribution in [1.29, 1.82) is 0 Å². The fourth-order valence-corrected chi connectivity index (χ4v) is 5.06. The van der Waals surface area contributed by atoms with Crippen LogP contribution in [0.3, 0.4) is 0 Å². The quantitative estimate of drug-likeness (QED) is 0.619. The molecule has 6 nitrogen and oxygen atoms in total. The minimum absolute atomic E-state index is 0.174. The average molecular weight is 444 g/mol. The molecule has 1 unspecified atom stereocenters. The molecule has 1 aromatic heterocycles. The van der Waals surface area contributed by atoms with Crippen molar-refractivity contribution >= 4 is 34.0 Å². The Labute approximate surface area is 182 Å². The van der Waals surface area contributed by atoms with Crippen molar-refractivity contribution in [3.8, 4) is 5.69 Å². The predicted molar refractivity (Wildman–Crippen MR) is 119 cm³/mol. The van der Waals surface area contributed by atoms with Crippen LogP contribution in [0.4, 0.5) is 5.69 Å². The third-order valence-corrected chi connectivity index (χ3v) is 7.13. The molecule has 0 radical (unpaired) electrons. The lowest BCUT2D eigenvalue weighted by atomic mass is 10.2. The van der Waals surface area contributed by atoms with Crippen LogP contribution in [0, 0.1) is 0 Å². The van der Waals surface area contributed by atoms with Gasteiger partial charge in [-0.3, -0.25) is 9.00 Å². The molecule has 4 rings (SSSR count). The first-order chi connectivity index (χ1) is 14.6. The average Bonchev–Trinajstić information content (AvgIpc) is 3.25. The summed E-state index contributed by atoms with van der Waals surface area (Å²) in [7, 11) is -0.953. The van der Waals surface area contributed by atoms with Crippen molar-refractivity contribution in [3.05, 3.63) is 77.1 Å². The SMILES string of the molecule is O=C(Nc1cccc(CS(=O)C2CCOCC2)c1)c1cnn(-c2ccccc2Cl)c1. The number of halogens is 1. The Kier molecular flexibility index (Phi) is 6.62. The Morgan fingerprint density at radius 1 is 1.20 bits per heavy atom. The second-order valence-electron chi connectivity index (χ2n) is 7.12. The van der Waals surface area contributed by atoms with Gasteiger partial charge in [0, 0.05) is 46.9 Å². The van der Waals surface area contributed by atoms with E-state index in [4.69, 9.17) is 16.3 Å². The predicted octanol–water partition coefficient (Wildman–Crippen LogP) is 4.21. The number of nitrogens with zero attached hydrogens (tertiary/aromatic N) is 2. The number of anilines is 1. The molecular formula is C22H22ClN3O3S. The van der Waals surface area contributed by atoms with Crippen molar-refractivity contribution in [2.24, 2.45) is 0 Å². The molecular weight excluding hydrogens is 422 g/mol. The molecule has 2 aromatic carbocycles. The molecule has 8 heteroatoms. The van der Waals surface area contributed by atoms with Gasteiger partial charge in [-0.1, -0.05) is 35.9 Å². The summed E-state index contributed by atoms with van der Waals surface area (Å²) in [5.41, 5.74) is 2.72. The zero-order valence-electron chi connectivity index (χ0n) is 16.3. The van der Waals surface area contributed by atoms with E-state index < -0.39 is 10.8 Å². The van der Waals surface area contributed by atoms with Crippen molar-refractivity contribution in [3.63, 3.8) is 0 Å². The fraction of sp³-hybridized carbons (Fsp3) is 0.273. The van der Waals surface area contributed by atoms with E-state index in [0.717, 1.165) is 18.4 Å². The Bertz CT molecular complexity index is 1060. The number of carbonyl (C=O) groups is 1. The number of para-hydroxylation sites is 1. The van der Waals surface area contributed by atoms with Crippen molar-refractivity contribution in [1.82, 2.24) is 9.78 Å². The number of nitrogens with one attached hydrogen (secondary N) is 1. The van der Waals surface area contributed by atoms with Crippen LogP contribution in [0.25, 0.3) is 5.69 Å². The van der Waals surface area contributed by atoms with Gasteiger partial charge in [0.15, 0.2) is 0 Å². The molecule has 0 spiro atoms. The van der Waals surface area contributed by atoms with E-state index in [1.54, 1.807) is 16.9 Å². The molecule has 1 atom stereocenters. The zero-order chi connectivity index (χ0) is 20.9. The van der Waals surface area contributed by atoms with Gasteiger partial charge in [0.2, 0.25) is 0 Å². The number of hydrogen-bond donors (Lipinski definition) is 1. The second kappa shape index (κ2) is 9.55. The highest BCUT2D eigenvalue weighted by molar-refractivity contribution is 7.84. The first kappa shape index (κ1) is 20.8. The highest BCUT2D eigenvalue weighted by Gasteiger charge is 2.20. The van der Waals surface area contributed by atoms with E-state index >= 15 is 0 Å². The van der Waals surface area contributed by atoms with Crippen LogP contribution in [0.15, 0.2) is 60.9 Å². The highest BCUT2D eigenvalue weighted by atomic mass is 35.5. The number of amides is 1. The molecule has 1 saturated heterocycles. The number of carbonyl (C=O) groups excluding carboxylic acids is 1. The van der Waals surface area contributed by atoms with Gasteiger partial charge in [-0.05, 0) is 42.7 Å². The third-order valence-electron chi connectivity index (χ3n) is 4.98. The standard InChI is InChI=1S/C22H22ClN3O3S/c23-20-6-1-2-7-21(20)26-14-17(13-24-26)22(27)25-18-5-3-4-16(12-18)15-30(28)19-8-10-29-11-9-19/h1-7,12-14,19H,8-11,15H2,(H,25,27). The van der Waals surface area contributed by atoms with E-state index in [2.05, 4.69) is 10.4 Å². The molecule has 0 saturated carbocycles. The molecule has 1 aliphatic rings. The Morgan fingerprint density at radius 3 is 2.80 bits per heavy atom. The first-order valence-electron chi connectivity index (χ1n) is 9.75. The third kappa shape index (κ3) is 4.98. The summed E-state index contributed by atoms with van der Waals surface area (Å²) in [4.78, 5) is 12.7. The summed E-state index contributed by atoms with van der Waals surface area (Å²) in [5.74, 6) is 0.203. The van der Waals surface area contributed by atoms with Gasteiger partial charge in [-0.2, -0.15) is 5.10 Å². The minimum Gasteiger partial charge on any atom is -0.381 e. The van der Waals surface area contributed by atoms with Gasteiger partial charge in [-0.25, -0.2) is 4.68 Å². The van der Waals surface area contributed by atoms with Crippen LogP contribution in [0.1, 0.15) is 28.8 Å². The van der Waals surface area contributed by atoms with Gasteiger partial charge >= 0.3 is 0 Å². The summed E-state index contributed by atoms with van der Waals surface area (Å²) in [6.45, 7) is 1.35. The van der Waals surface area contributed by atoms with E-state index in [1.165, 1.54) is 6.20 Å². The van der Waals surface area contributed by atoms with E-state index in [0.29, 0.717) is 40.9 Å². The number of ether oxygens (including phenoxy) is 1. The summed E-state index contributed by atoms with van der Waals surface area (Å²) >= 11 is 6.20. The number of rotatable bonds is 6. The highest BCUT2D eigenvalue weighted by Crippen LogP contribution is 2.21. The van der Waals surface area contributed by atoms with Gasteiger partial charge in [-0.15, -0.1) is 0 Å². The summed E-state index contributed by atoms with van der Waals surface area (Å²) in [5, 5.41) is 7.85. The van der Waals surface area contributed by atoms with Crippen molar-refractivity contribution in [2.75, 3.05) is 18.5 Å². The number of aromatic nitrogens is 2. The topological polar surface area (TPSA) is 73.2 Å². The molecule has 1 amide bonds. The molecule has 2 heterocycles. The lowest BCUT2D eigenvalue weighted by Crippen LogP contribution is -2.25. The van der Waals surface area contributed by atoms with Gasteiger partial charge < -0.3 is 10.1 Å². The lowest BCUT2D eigenvalue weighted by Gasteiger charge is -2.21.